The minimum Gasteiger partial charge on any atom is -0.438 e. The minimum absolute atomic E-state index is 0.147. The first kappa shape index (κ1) is 24.1. The number of nitrogens with zero attached hydrogens (tertiary/aromatic N) is 4. The topological polar surface area (TPSA) is 89.5 Å². The van der Waals surface area contributed by atoms with Crippen molar-refractivity contribution in [2.75, 3.05) is 19.4 Å². The molecule has 5 rings (SSSR count). The van der Waals surface area contributed by atoms with Crippen molar-refractivity contribution in [2.24, 2.45) is 5.41 Å². The number of para-hydroxylation sites is 1. The van der Waals surface area contributed by atoms with E-state index in [0.29, 0.717) is 23.4 Å². The Labute approximate surface area is 213 Å². The number of carbonyl (C=O) groups is 1. The van der Waals surface area contributed by atoms with Gasteiger partial charge in [-0.2, -0.15) is 5.06 Å². The van der Waals surface area contributed by atoms with E-state index < -0.39 is 5.41 Å². The van der Waals surface area contributed by atoms with Crippen molar-refractivity contribution < 1.29 is 14.4 Å². The highest BCUT2D eigenvalue weighted by Crippen LogP contribution is 2.52. The van der Waals surface area contributed by atoms with E-state index >= 15 is 0 Å². The van der Waals surface area contributed by atoms with Crippen LogP contribution >= 0.6 is 11.3 Å². The number of hydroxylamine groups is 2. The lowest BCUT2D eigenvalue weighted by Gasteiger charge is -2.37. The van der Waals surface area contributed by atoms with Gasteiger partial charge in [-0.25, -0.2) is 4.98 Å². The summed E-state index contributed by atoms with van der Waals surface area (Å²) >= 11 is 1.29. The molecule has 184 valence electrons. The van der Waals surface area contributed by atoms with E-state index in [2.05, 4.69) is 15.5 Å². The number of fused-ring (bicyclic) bond motifs is 2. The number of carbonyl (C=O) groups excluding carboxylic acids is 1. The monoisotopic (exact) mass is 501 g/mol. The summed E-state index contributed by atoms with van der Waals surface area (Å²) in [4.78, 5) is 23.8. The smallest absolute Gasteiger partial charge is 0.232 e. The van der Waals surface area contributed by atoms with Crippen LogP contribution in [0.2, 0.25) is 0 Å². The molecule has 1 aliphatic heterocycles. The van der Waals surface area contributed by atoms with Gasteiger partial charge >= 0.3 is 0 Å². The number of ether oxygens (including phenoxy) is 1. The van der Waals surface area contributed by atoms with Crippen LogP contribution in [0.15, 0.2) is 66.2 Å². The molecule has 2 aromatic heterocycles. The van der Waals surface area contributed by atoms with Gasteiger partial charge in [0.1, 0.15) is 11.3 Å². The predicted octanol–water partition coefficient (Wildman–Crippen LogP) is 5.50. The summed E-state index contributed by atoms with van der Waals surface area (Å²) in [5.74, 6) is 0.796. The molecule has 36 heavy (non-hydrogen) atoms. The molecule has 3 heterocycles. The summed E-state index contributed by atoms with van der Waals surface area (Å²) in [7, 11) is 3.72. The first-order valence-electron chi connectivity index (χ1n) is 11.6. The van der Waals surface area contributed by atoms with Crippen molar-refractivity contribution in [3.63, 3.8) is 0 Å². The van der Waals surface area contributed by atoms with E-state index in [1.807, 2.05) is 88.6 Å². The molecule has 9 heteroatoms. The second-order valence-electron chi connectivity index (χ2n) is 9.37. The molecule has 2 aromatic carbocycles. The van der Waals surface area contributed by atoms with E-state index in [1.54, 1.807) is 10.6 Å². The summed E-state index contributed by atoms with van der Waals surface area (Å²) in [5.41, 5.74) is 5.42. The molecule has 1 N–H and O–H groups in total. The number of rotatable bonds is 7. The van der Waals surface area contributed by atoms with Crippen LogP contribution in [0.3, 0.4) is 0 Å². The summed E-state index contributed by atoms with van der Waals surface area (Å²) in [5, 5.41) is 12.8. The normalized spacial score (nSPS) is 14.6. The van der Waals surface area contributed by atoms with E-state index in [0.717, 1.165) is 27.9 Å². The molecule has 0 unspecified atom stereocenters. The molecule has 0 fully saturated rings. The lowest BCUT2D eigenvalue weighted by Crippen LogP contribution is -2.38. The Balaban J connectivity index is 1.49. The van der Waals surface area contributed by atoms with Crippen LogP contribution < -0.4 is 10.1 Å². The maximum absolute atomic E-state index is 13.4. The Morgan fingerprint density at radius 2 is 1.86 bits per heavy atom. The number of amides is 1. The summed E-state index contributed by atoms with van der Waals surface area (Å²) in [6.07, 6.45) is 0. The number of pyridine rings is 1. The number of benzene rings is 2. The van der Waals surface area contributed by atoms with Crippen LogP contribution in [0.1, 0.15) is 36.5 Å². The van der Waals surface area contributed by atoms with Crippen LogP contribution in [0.4, 0.5) is 5.13 Å². The molecule has 0 radical (unpaired) electrons. The molecular formula is C27H27N5O3S. The van der Waals surface area contributed by atoms with Gasteiger partial charge in [0.05, 0.1) is 17.7 Å². The van der Waals surface area contributed by atoms with Gasteiger partial charge in [0, 0.05) is 36.7 Å². The van der Waals surface area contributed by atoms with E-state index in [4.69, 9.17) is 14.6 Å². The first-order chi connectivity index (χ1) is 17.3. The predicted molar refractivity (Wildman–Crippen MR) is 139 cm³/mol. The quantitative estimate of drug-likeness (QED) is 0.335. The number of aromatic nitrogens is 3. The van der Waals surface area contributed by atoms with Crippen molar-refractivity contribution in [3.05, 3.63) is 82.9 Å². The second kappa shape index (κ2) is 9.77. The van der Waals surface area contributed by atoms with Crippen LogP contribution in [0.25, 0.3) is 11.3 Å². The van der Waals surface area contributed by atoms with Crippen molar-refractivity contribution >= 4 is 22.4 Å². The van der Waals surface area contributed by atoms with E-state index in [9.17, 15) is 4.79 Å². The van der Waals surface area contributed by atoms with Crippen molar-refractivity contribution in [3.8, 4) is 22.9 Å². The van der Waals surface area contributed by atoms with Gasteiger partial charge in [0.25, 0.3) is 0 Å². The van der Waals surface area contributed by atoms with Gasteiger partial charge in [-0.15, -0.1) is 10.2 Å². The maximum atomic E-state index is 13.4. The zero-order valence-corrected chi connectivity index (χ0v) is 21.4. The van der Waals surface area contributed by atoms with Crippen molar-refractivity contribution in [1.29, 1.82) is 0 Å². The molecule has 0 spiro atoms. The van der Waals surface area contributed by atoms with Gasteiger partial charge in [-0.05, 0) is 17.7 Å². The third kappa shape index (κ3) is 4.73. The van der Waals surface area contributed by atoms with Gasteiger partial charge in [-0.3, -0.25) is 9.63 Å². The average Bonchev–Trinajstić information content (AvgIpc) is 3.39. The summed E-state index contributed by atoms with van der Waals surface area (Å²) in [6.45, 7) is 4.37. The SMILES string of the molecule is CN(C)OCc1ccc(-c2ccc3c(n2)Oc2ccccc2[C@H]3C(C)(C)C(=O)Nc2nncs2)cc1. The Kier molecular flexibility index (Phi) is 6.53. The summed E-state index contributed by atoms with van der Waals surface area (Å²) in [6, 6.07) is 19.9. The van der Waals surface area contributed by atoms with Crippen LogP contribution in [0, 0.1) is 5.41 Å². The number of nitrogens with one attached hydrogen (secondary N) is 1. The number of hydrogen-bond donors (Lipinski definition) is 1. The Bertz CT molecular complexity index is 1370. The van der Waals surface area contributed by atoms with E-state index in [1.165, 1.54) is 11.3 Å². The van der Waals surface area contributed by atoms with Crippen LogP contribution in [-0.2, 0) is 16.2 Å². The molecule has 1 atom stereocenters. The highest BCUT2D eigenvalue weighted by atomic mass is 32.1. The van der Waals surface area contributed by atoms with E-state index in [-0.39, 0.29) is 11.8 Å². The van der Waals surface area contributed by atoms with Crippen LogP contribution in [-0.4, -0.2) is 40.2 Å². The highest BCUT2D eigenvalue weighted by Gasteiger charge is 2.44. The maximum Gasteiger partial charge on any atom is 0.232 e. The Hall–Kier alpha value is -3.66. The molecule has 8 nitrogen and oxygen atoms in total. The first-order valence-corrected chi connectivity index (χ1v) is 12.5. The van der Waals surface area contributed by atoms with Crippen molar-refractivity contribution in [1.82, 2.24) is 20.2 Å². The highest BCUT2D eigenvalue weighted by molar-refractivity contribution is 7.13. The van der Waals surface area contributed by atoms with Crippen molar-refractivity contribution in [2.45, 2.75) is 26.4 Å². The minimum atomic E-state index is -0.822. The van der Waals surface area contributed by atoms with Gasteiger partial charge in [-0.1, -0.05) is 73.7 Å². The van der Waals surface area contributed by atoms with Crippen LogP contribution in [0.5, 0.6) is 11.6 Å². The lowest BCUT2D eigenvalue weighted by molar-refractivity contribution is -0.130. The Morgan fingerprint density at radius 1 is 1.08 bits per heavy atom. The lowest BCUT2D eigenvalue weighted by atomic mass is 9.69. The third-order valence-electron chi connectivity index (χ3n) is 6.26. The largest absolute Gasteiger partial charge is 0.438 e. The molecule has 0 saturated carbocycles. The fourth-order valence-electron chi connectivity index (χ4n) is 4.37. The number of hydrogen-bond acceptors (Lipinski definition) is 8. The molecule has 0 bridgehead atoms. The summed E-state index contributed by atoms with van der Waals surface area (Å²) < 4.78 is 6.25. The molecule has 1 amide bonds. The average molecular weight is 502 g/mol. The second-order valence-corrected chi connectivity index (χ2v) is 10.2. The van der Waals surface area contributed by atoms with Gasteiger partial charge in [0.15, 0.2) is 0 Å². The molecular weight excluding hydrogens is 474 g/mol. The zero-order valence-electron chi connectivity index (χ0n) is 20.6. The molecule has 0 aliphatic carbocycles. The fraction of sp³-hybridized carbons (Fsp3) is 0.259. The zero-order chi connectivity index (χ0) is 25.3. The van der Waals surface area contributed by atoms with Gasteiger partial charge < -0.3 is 10.1 Å². The third-order valence-corrected chi connectivity index (χ3v) is 6.87. The molecule has 0 saturated heterocycles. The Morgan fingerprint density at radius 3 is 2.58 bits per heavy atom. The standard InChI is InChI=1S/C27H27N5O3S/c1-27(2,25(33)30-26-31-28-16-36-26)23-19-7-5-6-8-22(19)35-24-20(23)13-14-21(29-24)18-11-9-17(10-12-18)15-34-32(3)4/h5-14,16,23H,15H2,1-4H3,(H,30,31,33)/t23-/m1/s1. The number of anilines is 1. The van der Waals surface area contributed by atoms with Gasteiger partial charge in [0.2, 0.25) is 16.9 Å². The molecule has 1 aliphatic rings. The fourth-order valence-corrected chi connectivity index (χ4v) is 4.81. The molecule has 4 aromatic rings.